The van der Waals surface area contributed by atoms with Crippen LogP contribution in [0.4, 0.5) is 18.9 Å². The fraction of sp³-hybridized carbons (Fsp3) is 0.444. The van der Waals surface area contributed by atoms with Crippen molar-refractivity contribution in [3.8, 4) is 0 Å². The summed E-state index contributed by atoms with van der Waals surface area (Å²) in [5, 5.41) is 3.52. The van der Waals surface area contributed by atoms with Crippen LogP contribution in [0.5, 0.6) is 0 Å². The van der Waals surface area contributed by atoms with Gasteiger partial charge in [-0.25, -0.2) is 0 Å². The average Bonchev–Trinajstić information content (AvgIpc) is 3.11. The van der Waals surface area contributed by atoms with Gasteiger partial charge in [0.2, 0.25) is 5.91 Å². The topological polar surface area (TPSA) is 41.4 Å². The predicted octanol–water partition coefficient (Wildman–Crippen LogP) is 2.98. The number of halogens is 3. The Hall–Kier alpha value is -2.35. The van der Waals surface area contributed by atoms with Crippen molar-refractivity contribution in [3.05, 3.63) is 47.3 Å². The Morgan fingerprint density at radius 2 is 1.92 bits per heavy atom. The molecule has 1 aromatic carbocycles. The molecule has 26 heavy (non-hydrogen) atoms. The molecule has 5 nitrogen and oxygen atoms in total. The Labute approximate surface area is 150 Å². The maximum absolute atomic E-state index is 13.1. The van der Waals surface area contributed by atoms with Crippen LogP contribution in [0.25, 0.3) is 0 Å². The molecule has 0 radical (unpaired) electrons. The second kappa shape index (κ2) is 6.75. The Morgan fingerprint density at radius 3 is 2.54 bits per heavy atom. The van der Waals surface area contributed by atoms with Crippen molar-refractivity contribution in [2.24, 2.45) is 7.05 Å². The molecule has 1 atom stereocenters. The molecule has 2 aromatic rings. The van der Waals surface area contributed by atoms with Crippen LogP contribution in [0, 0.1) is 6.92 Å². The molecule has 0 bridgehead atoms. The molecule has 1 amide bonds. The maximum Gasteiger partial charge on any atom is 0.435 e. The number of benzene rings is 1. The maximum atomic E-state index is 13.1. The molecule has 0 aliphatic carbocycles. The predicted molar refractivity (Wildman–Crippen MR) is 91.6 cm³/mol. The minimum atomic E-state index is -4.51. The van der Waals surface area contributed by atoms with Gasteiger partial charge in [0.1, 0.15) is 0 Å². The highest BCUT2D eigenvalue weighted by Crippen LogP contribution is 2.32. The number of carbonyl (C=O) groups excluding carboxylic acids is 1. The zero-order valence-corrected chi connectivity index (χ0v) is 14.9. The lowest BCUT2D eigenvalue weighted by atomic mass is 10.1. The summed E-state index contributed by atoms with van der Waals surface area (Å²) in [6.07, 6.45) is -2.58. The third-order valence-electron chi connectivity index (χ3n) is 4.65. The van der Waals surface area contributed by atoms with Crippen molar-refractivity contribution >= 4 is 11.6 Å². The van der Waals surface area contributed by atoms with Gasteiger partial charge in [0.15, 0.2) is 5.69 Å². The van der Waals surface area contributed by atoms with Crippen LogP contribution < -0.4 is 4.90 Å². The number of amides is 1. The monoisotopic (exact) mass is 366 g/mol. The Morgan fingerprint density at radius 1 is 1.27 bits per heavy atom. The minimum absolute atomic E-state index is 0.0147. The Balaban J connectivity index is 1.74. The van der Waals surface area contributed by atoms with Crippen LogP contribution in [0.1, 0.15) is 23.2 Å². The number of alkyl halides is 3. The van der Waals surface area contributed by atoms with E-state index in [2.05, 4.69) is 5.10 Å². The summed E-state index contributed by atoms with van der Waals surface area (Å²) in [4.78, 5) is 16.1. The summed E-state index contributed by atoms with van der Waals surface area (Å²) in [6, 6.07) is 7.20. The fourth-order valence-electron chi connectivity index (χ4n) is 3.33. The molecule has 1 aliphatic rings. The molecule has 1 fully saturated rings. The van der Waals surface area contributed by atoms with Gasteiger partial charge in [0, 0.05) is 37.6 Å². The molecule has 1 unspecified atom stereocenters. The van der Waals surface area contributed by atoms with E-state index in [0.717, 1.165) is 15.9 Å². The van der Waals surface area contributed by atoms with Crippen molar-refractivity contribution in [2.45, 2.75) is 32.1 Å². The third kappa shape index (κ3) is 3.60. The van der Waals surface area contributed by atoms with Gasteiger partial charge in [-0.2, -0.15) is 18.3 Å². The highest BCUT2D eigenvalue weighted by Gasteiger charge is 2.39. The summed E-state index contributed by atoms with van der Waals surface area (Å²) in [7, 11) is 3.13. The first-order chi connectivity index (χ1) is 12.2. The number of likely N-dealkylation sites (N-methyl/N-ethyl adjacent to an activating group) is 1. The molecular formula is C18H21F3N4O. The molecule has 0 spiro atoms. The van der Waals surface area contributed by atoms with Gasteiger partial charge >= 0.3 is 6.18 Å². The fourth-order valence-corrected chi connectivity index (χ4v) is 3.33. The molecule has 0 N–H and O–H groups in total. The van der Waals surface area contributed by atoms with Crippen molar-refractivity contribution in [1.82, 2.24) is 14.7 Å². The van der Waals surface area contributed by atoms with E-state index in [1.165, 1.54) is 13.2 Å². The van der Waals surface area contributed by atoms with Crippen molar-refractivity contribution in [1.29, 1.82) is 0 Å². The van der Waals surface area contributed by atoms with E-state index in [1.54, 1.807) is 16.8 Å². The number of rotatable bonds is 4. The number of anilines is 1. The van der Waals surface area contributed by atoms with E-state index < -0.39 is 17.9 Å². The van der Waals surface area contributed by atoms with Crippen LogP contribution in [-0.2, 0) is 24.6 Å². The highest BCUT2D eigenvalue weighted by atomic mass is 19.4. The SMILES string of the molecule is Cc1ccc(N2CCC(N(C)Cc3cn(C)nc3C(F)(F)F)C2=O)cc1. The Kier molecular flexibility index (Phi) is 4.79. The van der Waals surface area contributed by atoms with Crippen LogP contribution >= 0.6 is 0 Å². The molecule has 8 heteroatoms. The lowest BCUT2D eigenvalue weighted by molar-refractivity contribution is -0.142. The molecule has 2 heterocycles. The first kappa shape index (κ1) is 18.4. The summed E-state index contributed by atoms with van der Waals surface area (Å²) in [5.41, 5.74) is 1.09. The standard InChI is InChI=1S/C18H21F3N4O/c1-12-4-6-14(7-5-12)25-9-8-15(17(25)26)23(2)10-13-11-24(3)22-16(13)18(19,20)21/h4-7,11,15H,8-10H2,1-3H3. The second-order valence-electron chi connectivity index (χ2n) is 6.72. The smallest absolute Gasteiger partial charge is 0.311 e. The molecule has 0 saturated carbocycles. The average molecular weight is 366 g/mol. The van der Waals surface area contributed by atoms with Crippen LogP contribution in [0.15, 0.2) is 30.5 Å². The largest absolute Gasteiger partial charge is 0.435 e. The second-order valence-corrected chi connectivity index (χ2v) is 6.72. The van der Waals surface area contributed by atoms with Gasteiger partial charge in [-0.3, -0.25) is 14.4 Å². The molecule has 1 aliphatic heterocycles. The first-order valence-electron chi connectivity index (χ1n) is 8.35. The molecular weight excluding hydrogens is 345 g/mol. The third-order valence-corrected chi connectivity index (χ3v) is 4.65. The van der Waals surface area contributed by atoms with Crippen LogP contribution in [0.3, 0.4) is 0 Å². The van der Waals surface area contributed by atoms with E-state index in [9.17, 15) is 18.0 Å². The van der Waals surface area contributed by atoms with E-state index >= 15 is 0 Å². The summed E-state index contributed by atoms with van der Waals surface area (Å²) < 4.78 is 40.5. The van der Waals surface area contributed by atoms with E-state index in [0.29, 0.717) is 13.0 Å². The van der Waals surface area contributed by atoms with Gasteiger partial charge < -0.3 is 4.90 Å². The quantitative estimate of drug-likeness (QED) is 0.835. The molecule has 140 valence electrons. The van der Waals surface area contributed by atoms with Crippen LogP contribution in [-0.4, -0.2) is 40.2 Å². The van der Waals surface area contributed by atoms with Gasteiger partial charge in [0.05, 0.1) is 6.04 Å². The summed E-state index contributed by atoms with van der Waals surface area (Å²) in [5.74, 6) is -0.0891. The first-order valence-corrected chi connectivity index (χ1v) is 8.35. The van der Waals surface area contributed by atoms with Gasteiger partial charge in [0.25, 0.3) is 0 Å². The van der Waals surface area contributed by atoms with E-state index in [1.807, 2.05) is 31.2 Å². The minimum Gasteiger partial charge on any atom is -0.311 e. The molecule has 1 saturated heterocycles. The highest BCUT2D eigenvalue weighted by molar-refractivity contribution is 5.99. The zero-order valence-electron chi connectivity index (χ0n) is 14.9. The number of carbonyl (C=O) groups is 1. The normalized spacial score (nSPS) is 18.2. The number of hydrogen-bond donors (Lipinski definition) is 0. The zero-order chi connectivity index (χ0) is 19.1. The van der Waals surface area contributed by atoms with Gasteiger partial charge in [-0.1, -0.05) is 17.7 Å². The molecule has 3 rings (SSSR count). The number of nitrogens with zero attached hydrogens (tertiary/aromatic N) is 4. The number of hydrogen-bond acceptors (Lipinski definition) is 3. The van der Waals surface area contributed by atoms with Gasteiger partial charge in [-0.05, 0) is 32.5 Å². The molecule has 1 aromatic heterocycles. The van der Waals surface area contributed by atoms with Gasteiger partial charge in [-0.15, -0.1) is 0 Å². The van der Waals surface area contributed by atoms with Crippen molar-refractivity contribution in [3.63, 3.8) is 0 Å². The van der Waals surface area contributed by atoms with E-state index in [-0.39, 0.29) is 18.0 Å². The summed E-state index contributed by atoms with van der Waals surface area (Å²) >= 11 is 0. The summed E-state index contributed by atoms with van der Waals surface area (Å²) in [6.45, 7) is 2.54. The number of aryl methyl sites for hydroxylation is 2. The number of aromatic nitrogens is 2. The van der Waals surface area contributed by atoms with Crippen molar-refractivity contribution in [2.75, 3.05) is 18.5 Å². The van der Waals surface area contributed by atoms with Crippen LogP contribution in [0.2, 0.25) is 0 Å². The van der Waals surface area contributed by atoms with Crippen molar-refractivity contribution < 1.29 is 18.0 Å². The Bertz CT molecular complexity index is 798. The lowest BCUT2D eigenvalue weighted by Crippen LogP contribution is -2.39. The lowest BCUT2D eigenvalue weighted by Gasteiger charge is -2.24. The van der Waals surface area contributed by atoms with E-state index in [4.69, 9.17) is 0 Å².